The molecule has 3 N–H and O–H groups in total. The number of hydrogen-bond donors (Lipinski definition) is 2. The Kier molecular flexibility index (Phi) is 6.25. The van der Waals surface area contributed by atoms with E-state index >= 15 is 0 Å². The van der Waals surface area contributed by atoms with Crippen molar-refractivity contribution < 1.29 is 14.3 Å². The van der Waals surface area contributed by atoms with Crippen LogP contribution in [0.4, 0.5) is 0 Å². The van der Waals surface area contributed by atoms with Gasteiger partial charge in [-0.1, -0.05) is 0 Å². The second-order valence-corrected chi connectivity index (χ2v) is 6.39. The molecule has 2 aromatic rings. The molecule has 0 atom stereocenters. The summed E-state index contributed by atoms with van der Waals surface area (Å²) in [6, 6.07) is 7.57. The fraction of sp³-hybridized carbons (Fsp3) is 0.474. The molecule has 26 heavy (non-hydrogen) atoms. The van der Waals surface area contributed by atoms with Gasteiger partial charge in [0.25, 0.3) is 5.91 Å². The lowest BCUT2D eigenvalue weighted by Crippen LogP contribution is -2.41. The standard InChI is InChI=1S/C19H26N4O3/c1-25-15-5-3-14(4-6-15)18-17(13-21-22-18)19(24)23-10-7-16(8-11-23)26-12-2-9-20/h3-6,13,16H,2,7-12,20H2,1H3,(H,21,22). The van der Waals surface area contributed by atoms with E-state index in [-0.39, 0.29) is 12.0 Å². The van der Waals surface area contributed by atoms with Gasteiger partial charge in [0.1, 0.15) is 5.75 Å². The summed E-state index contributed by atoms with van der Waals surface area (Å²) in [5.41, 5.74) is 7.73. The van der Waals surface area contributed by atoms with E-state index in [4.69, 9.17) is 15.2 Å². The molecule has 1 aliphatic rings. The van der Waals surface area contributed by atoms with Crippen molar-refractivity contribution in [2.45, 2.75) is 25.4 Å². The molecule has 1 aliphatic heterocycles. The number of nitrogens with zero attached hydrogens (tertiary/aromatic N) is 2. The fourth-order valence-electron chi connectivity index (χ4n) is 3.16. The number of amides is 1. The molecule has 0 radical (unpaired) electrons. The molecule has 140 valence electrons. The summed E-state index contributed by atoms with van der Waals surface area (Å²) in [5, 5.41) is 7.03. The van der Waals surface area contributed by atoms with Gasteiger partial charge in [-0.15, -0.1) is 0 Å². The minimum Gasteiger partial charge on any atom is -0.497 e. The predicted molar refractivity (Wildman–Crippen MR) is 99.1 cm³/mol. The number of carbonyl (C=O) groups excluding carboxylic acids is 1. The van der Waals surface area contributed by atoms with E-state index in [9.17, 15) is 4.79 Å². The maximum atomic E-state index is 12.9. The number of hydrogen-bond acceptors (Lipinski definition) is 5. The summed E-state index contributed by atoms with van der Waals surface area (Å²) >= 11 is 0. The second-order valence-electron chi connectivity index (χ2n) is 6.39. The zero-order valence-corrected chi connectivity index (χ0v) is 15.1. The maximum absolute atomic E-state index is 12.9. The lowest BCUT2D eigenvalue weighted by atomic mass is 10.0. The van der Waals surface area contributed by atoms with Gasteiger partial charge in [-0.25, -0.2) is 0 Å². The highest BCUT2D eigenvalue weighted by atomic mass is 16.5. The Hall–Kier alpha value is -2.38. The molecule has 1 aromatic heterocycles. The summed E-state index contributed by atoms with van der Waals surface area (Å²) in [7, 11) is 1.63. The Labute approximate surface area is 153 Å². The van der Waals surface area contributed by atoms with Crippen LogP contribution in [0.2, 0.25) is 0 Å². The average Bonchev–Trinajstić information content (AvgIpc) is 3.18. The van der Waals surface area contributed by atoms with Gasteiger partial charge in [0.2, 0.25) is 0 Å². The molecule has 1 fully saturated rings. The molecule has 0 saturated carbocycles. The van der Waals surface area contributed by atoms with E-state index < -0.39 is 0 Å². The number of nitrogens with one attached hydrogen (secondary N) is 1. The zero-order chi connectivity index (χ0) is 18.4. The topological polar surface area (TPSA) is 93.5 Å². The van der Waals surface area contributed by atoms with Crippen LogP contribution in [0.5, 0.6) is 5.75 Å². The lowest BCUT2D eigenvalue weighted by molar-refractivity contribution is 0.00847. The Morgan fingerprint density at radius 2 is 2.04 bits per heavy atom. The van der Waals surface area contributed by atoms with Gasteiger partial charge in [-0.05, 0) is 50.1 Å². The quantitative estimate of drug-likeness (QED) is 0.739. The number of piperidine rings is 1. The molecule has 1 aromatic carbocycles. The third-order valence-electron chi connectivity index (χ3n) is 4.68. The Morgan fingerprint density at radius 1 is 1.31 bits per heavy atom. The van der Waals surface area contributed by atoms with Gasteiger partial charge in [0.05, 0.1) is 30.7 Å². The molecule has 1 amide bonds. The summed E-state index contributed by atoms with van der Waals surface area (Å²) in [6.07, 6.45) is 4.40. The fourth-order valence-corrected chi connectivity index (χ4v) is 3.16. The number of H-pyrrole nitrogens is 1. The number of aromatic nitrogens is 2. The second kappa shape index (κ2) is 8.82. The molecule has 0 spiro atoms. The molecule has 3 rings (SSSR count). The molecule has 7 heteroatoms. The van der Waals surface area contributed by atoms with Gasteiger partial charge in [0.15, 0.2) is 0 Å². The number of aromatic amines is 1. The van der Waals surface area contributed by atoms with Gasteiger partial charge in [0, 0.05) is 25.3 Å². The van der Waals surface area contributed by atoms with Crippen LogP contribution in [0.25, 0.3) is 11.3 Å². The first-order valence-corrected chi connectivity index (χ1v) is 9.01. The van der Waals surface area contributed by atoms with Crippen LogP contribution in [-0.2, 0) is 4.74 Å². The van der Waals surface area contributed by atoms with E-state index in [1.807, 2.05) is 29.2 Å². The zero-order valence-electron chi connectivity index (χ0n) is 15.1. The highest BCUT2D eigenvalue weighted by molar-refractivity contribution is 5.99. The SMILES string of the molecule is COc1ccc(-c2[nH]ncc2C(=O)N2CCC(OCCCN)CC2)cc1. The van der Waals surface area contributed by atoms with Crippen LogP contribution in [0.1, 0.15) is 29.6 Å². The monoisotopic (exact) mass is 358 g/mol. The van der Waals surface area contributed by atoms with Gasteiger partial charge >= 0.3 is 0 Å². The number of likely N-dealkylation sites (tertiary alicyclic amines) is 1. The van der Waals surface area contributed by atoms with Crippen LogP contribution in [-0.4, -0.2) is 60.5 Å². The molecular weight excluding hydrogens is 332 g/mol. The van der Waals surface area contributed by atoms with Gasteiger partial charge < -0.3 is 20.1 Å². The lowest BCUT2D eigenvalue weighted by Gasteiger charge is -2.32. The van der Waals surface area contributed by atoms with Crippen LogP contribution in [0.15, 0.2) is 30.5 Å². The summed E-state index contributed by atoms with van der Waals surface area (Å²) < 4.78 is 11.0. The summed E-state index contributed by atoms with van der Waals surface area (Å²) in [6.45, 7) is 2.73. The Morgan fingerprint density at radius 3 is 2.69 bits per heavy atom. The van der Waals surface area contributed by atoms with Crippen molar-refractivity contribution in [2.24, 2.45) is 5.73 Å². The molecule has 2 heterocycles. The van der Waals surface area contributed by atoms with Crippen molar-refractivity contribution in [3.8, 4) is 17.0 Å². The van der Waals surface area contributed by atoms with E-state index in [1.54, 1.807) is 13.3 Å². The highest BCUT2D eigenvalue weighted by Crippen LogP contribution is 2.25. The Bertz CT molecular complexity index is 706. The largest absolute Gasteiger partial charge is 0.497 e. The summed E-state index contributed by atoms with van der Waals surface area (Å²) in [5.74, 6) is 0.780. The number of rotatable bonds is 7. The van der Waals surface area contributed by atoms with E-state index in [0.717, 1.165) is 36.3 Å². The van der Waals surface area contributed by atoms with Crippen LogP contribution < -0.4 is 10.5 Å². The molecule has 0 aliphatic carbocycles. The van der Waals surface area contributed by atoms with Gasteiger partial charge in [-0.2, -0.15) is 5.10 Å². The number of ether oxygens (including phenoxy) is 2. The van der Waals surface area contributed by atoms with E-state index in [2.05, 4.69) is 10.2 Å². The highest BCUT2D eigenvalue weighted by Gasteiger charge is 2.26. The van der Waals surface area contributed by atoms with Crippen molar-refractivity contribution in [2.75, 3.05) is 33.4 Å². The first kappa shape index (κ1) is 18.4. The number of methoxy groups -OCH3 is 1. The smallest absolute Gasteiger partial charge is 0.257 e. The van der Waals surface area contributed by atoms with Crippen molar-refractivity contribution in [1.29, 1.82) is 0 Å². The first-order chi connectivity index (χ1) is 12.7. The normalized spacial score (nSPS) is 15.2. The van der Waals surface area contributed by atoms with Crippen LogP contribution >= 0.6 is 0 Å². The van der Waals surface area contributed by atoms with Crippen LogP contribution in [0.3, 0.4) is 0 Å². The van der Waals surface area contributed by atoms with Crippen LogP contribution in [0, 0.1) is 0 Å². The van der Waals surface area contributed by atoms with E-state index in [0.29, 0.717) is 31.8 Å². The maximum Gasteiger partial charge on any atom is 0.257 e. The average molecular weight is 358 g/mol. The molecule has 0 unspecified atom stereocenters. The molecule has 0 bridgehead atoms. The van der Waals surface area contributed by atoms with Crippen molar-refractivity contribution in [3.63, 3.8) is 0 Å². The number of carbonyl (C=O) groups is 1. The summed E-state index contributed by atoms with van der Waals surface area (Å²) in [4.78, 5) is 14.8. The minimum atomic E-state index is 0.00461. The minimum absolute atomic E-state index is 0.00461. The Balaban J connectivity index is 1.63. The first-order valence-electron chi connectivity index (χ1n) is 9.01. The molecule has 7 nitrogen and oxygen atoms in total. The van der Waals surface area contributed by atoms with Gasteiger partial charge in [-0.3, -0.25) is 9.89 Å². The number of benzene rings is 1. The number of nitrogens with two attached hydrogens (primary N) is 1. The van der Waals surface area contributed by atoms with Crippen molar-refractivity contribution in [3.05, 3.63) is 36.0 Å². The third-order valence-corrected chi connectivity index (χ3v) is 4.68. The predicted octanol–water partition coefficient (Wildman–Crippen LogP) is 2.06. The van der Waals surface area contributed by atoms with E-state index in [1.165, 1.54) is 0 Å². The molecular formula is C19H26N4O3. The van der Waals surface area contributed by atoms with Crippen molar-refractivity contribution in [1.82, 2.24) is 15.1 Å². The van der Waals surface area contributed by atoms with Crippen molar-refractivity contribution >= 4 is 5.91 Å². The molecule has 1 saturated heterocycles. The third kappa shape index (κ3) is 4.23.